The maximum Gasteiger partial charge on any atom is 0.132 e. The summed E-state index contributed by atoms with van der Waals surface area (Å²) in [6.07, 6.45) is 0. The Kier molecular flexibility index (Phi) is 3.58. The van der Waals surface area contributed by atoms with Crippen LogP contribution in [0.5, 0.6) is 0 Å². The maximum atomic E-state index is 5.97. The number of nitrogens with one attached hydrogen (secondary N) is 1. The Morgan fingerprint density at radius 1 is 0.889 bits per heavy atom. The fourth-order valence-electron chi connectivity index (χ4n) is 2.19. The monoisotopic (exact) mass is 260 g/mol. The Morgan fingerprint density at radius 2 is 1.44 bits per heavy atom. The molecule has 18 heavy (non-hydrogen) atoms. The number of aromatic nitrogens is 1. The highest BCUT2D eigenvalue weighted by Crippen LogP contribution is 2.26. The Morgan fingerprint density at radius 3 is 2.00 bits per heavy atom. The molecule has 1 heterocycles. The van der Waals surface area contributed by atoms with Crippen LogP contribution in [0.25, 0.3) is 0 Å². The van der Waals surface area contributed by atoms with Crippen LogP contribution in [0.4, 0.5) is 11.5 Å². The van der Waals surface area contributed by atoms with Crippen LogP contribution in [0.3, 0.4) is 0 Å². The highest BCUT2D eigenvalue weighted by Gasteiger charge is 2.06. The van der Waals surface area contributed by atoms with Crippen LogP contribution in [0.2, 0.25) is 5.15 Å². The van der Waals surface area contributed by atoms with E-state index in [0.717, 1.165) is 17.1 Å². The van der Waals surface area contributed by atoms with Crippen molar-refractivity contribution in [1.82, 2.24) is 4.98 Å². The molecule has 0 saturated carbocycles. The minimum Gasteiger partial charge on any atom is -0.340 e. The molecule has 0 aliphatic carbocycles. The maximum absolute atomic E-state index is 5.97. The van der Waals surface area contributed by atoms with Crippen LogP contribution in [-0.4, -0.2) is 4.98 Å². The van der Waals surface area contributed by atoms with E-state index in [1.54, 1.807) is 0 Å². The molecular formula is C15H17ClN2. The molecule has 94 valence electrons. The van der Waals surface area contributed by atoms with E-state index in [2.05, 4.69) is 43.2 Å². The van der Waals surface area contributed by atoms with E-state index >= 15 is 0 Å². The van der Waals surface area contributed by atoms with Gasteiger partial charge in [0.15, 0.2) is 0 Å². The summed E-state index contributed by atoms with van der Waals surface area (Å²) in [7, 11) is 0. The van der Waals surface area contributed by atoms with E-state index in [4.69, 9.17) is 11.6 Å². The zero-order valence-corrected chi connectivity index (χ0v) is 11.9. The van der Waals surface area contributed by atoms with Crippen molar-refractivity contribution in [2.45, 2.75) is 27.7 Å². The number of aryl methyl sites for hydroxylation is 4. The molecule has 0 saturated heterocycles. The molecule has 1 aromatic carbocycles. The van der Waals surface area contributed by atoms with Gasteiger partial charge in [-0.2, -0.15) is 0 Å². The van der Waals surface area contributed by atoms with E-state index in [1.165, 1.54) is 16.7 Å². The first-order valence-electron chi connectivity index (χ1n) is 5.95. The van der Waals surface area contributed by atoms with Crippen LogP contribution in [0.1, 0.15) is 22.3 Å². The highest BCUT2D eigenvalue weighted by molar-refractivity contribution is 6.29. The van der Waals surface area contributed by atoms with Crippen LogP contribution in [0, 0.1) is 27.7 Å². The molecule has 0 bridgehead atoms. The number of benzene rings is 1. The summed E-state index contributed by atoms with van der Waals surface area (Å²) in [6.45, 7) is 8.30. The largest absolute Gasteiger partial charge is 0.340 e. The Labute approximate surface area is 113 Å². The first kappa shape index (κ1) is 12.9. The number of halogens is 1. The topological polar surface area (TPSA) is 24.9 Å². The van der Waals surface area contributed by atoms with Gasteiger partial charge in [-0.05, 0) is 56.5 Å². The third-order valence-electron chi connectivity index (χ3n) is 2.87. The lowest BCUT2D eigenvalue weighted by atomic mass is 10.1. The lowest BCUT2D eigenvalue weighted by Crippen LogP contribution is -1.99. The SMILES string of the molecule is Cc1cc(Cl)nc(Nc2c(C)cc(C)cc2C)c1. The van der Waals surface area contributed by atoms with E-state index in [0.29, 0.717) is 5.15 Å². The molecule has 1 N–H and O–H groups in total. The molecule has 2 nitrogen and oxygen atoms in total. The second-order valence-corrected chi connectivity index (χ2v) is 5.14. The Balaban J connectivity index is 2.40. The van der Waals surface area contributed by atoms with Gasteiger partial charge in [0.1, 0.15) is 11.0 Å². The average Bonchev–Trinajstić information content (AvgIpc) is 2.22. The van der Waals surface area contributed by atoms with Gasteiger partial charge in [0.05, 0.1) is 0 Å². The number of anilines is 2. The summed E-state index contributed by atoms with van der Waals surface area (Å²) in [5.74, 6) is 0.787. The number of pyridine rings is 1. The van der Waals surface area contributed by atoms with E-state index in [1.807, 2.05) is 19.1 Å². The average molecular weight is 261 g/mol. The molecule has 0 radical (unpaired) electrons. The van der Waals surface area contributed by atoms with Gasteiger partial charge in [0.25, 0.3) is 0 Å². The molecular weight excluding hydrogens is 244 g/mol. The third-order valence-corrected chi connectivity index (χ3v) is 3.06. The summed E-state index contributed by atoms with van der Waals surface area (Å²) < 4.78 is 0. The summed E-state index contributed by atoms with van der Waals surface area (Å²) in [4.78, 5) is 4.29. The van der Waals surface area contributed by atoms with Crippen LogP contribution in [0.15, 0.2) is 24.3 Å². The predicted molar refractivity (Wildman–Crippen MR) is 77.9 cm³/mol. The van der Waals surface area contributed by atoms with E-state index < -0.39 is 0 Å². The fraction of sp³-hybridized carbons (Fsp3) is 0.267. The van der Waals surface area contributed by atoms with Gasteiger partial charge in [-0.15, -0.1) is 0 Å². The standard InChI is InChI=1S/C15H17ClN2/c1-9-5-11(3)15(12(4)6-9)18-14-8-10(2)7-13(16)17-14/h5-8H,1-4H3,(H,17,18). The number of rotatable bonds is 2. The van der Waals surface area contributed by atoms with Gasteiger partial charge >= 0.3 is 0 Å². The Bertz CT molecular complexity index is 548. The normalized spacial score (nSPS) is 10.5. The fourth-order valence-corrected chi connectivity index (χ4v) is 2.46. The van der Waals surface area contributed by atoms with Crippen molar-refractivity contribution in [2.24, 2.45) is 0 Å². The van der Waals surface area contributed by atoms with Gasteiger partial charge in [0.2, 0.25) is 0 Å². The molecule has 2 rings (SSSR count). The summed E-state index contributed by atoms with van der Waals surface area (Å²) in [5, 5.41) is 3.87. The van der Waals surface area contributed by atoms with Gasteiger partial charge in [0, 0.05) is 5.69 Å². The van der Waals surface area contributed by atoms with Crippen LogP contribution >= 0.6 is 11.6 Å². The van der Waals surface area contributed by atoms with Crippen molar-refractivity contribution in [3.8, 4) is 0 Å². The van der Waals surface area contributed by atoms with Gasteiger partial charge < -0.3 is 5.32 Å². The number of nitrogens with zero attached hydrogens (tertiary/aromatic N) is 1. The molecule has 0 fully saturated rings. The molecule has 0 aliphatic rings. The van der Waals surface area contributed by atoms with Crippen LogP contribution < -0.4 is 5.32 Å². The zero-order valence-electron chi connectivity index (χ0n) is 11.1. The predicted octanol–water partition coefficient (Wildman–Crippen LogP) is 4.71. The first-order valence-corrected chi connectivity index (χ1v) is 6.32. The molecule has 3 heteroatoms. The smallest absolute Gasteiger partial charge is 0.132 e. The summed E-state index contributed by atoms with van der Waals surface area (Å²) in [5.41, 5.74) is 5.90. The van der Waals surface area contributed by atoms with Crippen molar-refractivity contribution < 1.29 is 0 Å². The minimum absolute atomic E-state index is 0.514. The van der Waals surface area contributed by atoms with Crippen molar-refractivity contribution in [1.29, 1.82) is 0 Å². The number of hydrogen-bond acceptors (Lipinski definition) is 2. The number of hydrogen-bond donors (Lipinski definition) is 1. The van der Waals surface area contributed by atoms with Crippen molar-refractivity contribution in [3.05, 3.63) is 51.7 Å². The molecule has 0 spiro atoms. The van der Waals surface area contributed by atoms with Gasteiger partial charge in [-0.1, -0.05) is 29.3 Å². The van der Waals surface area contributed by atoms with Crippen LogP contribution in [-0.2, 0) is 0 Å². The molecule has 0 unspecified atom stereocenters. The molecule has 0 aliphatic heterocycles. The molecule has 0 atom stereocenters. The second-order valence-electron chi connectivity index (χ2n) is 4.75. The van der Waals surface area contributed by atoms with Crippen molar-refractivity contribution in [2.75, 3.05) is 5.32 Å². The molecule has 1 aromatic heterocycles. The van der Waals surface area contributed by atoms with Gasteiger partial charge in [-0.3, -0.25) is 0 Å². The van der Waals surface area contributed by atoms with Crippen molar-refractivity contribution >= 4 is 23.1 Å². The zero-order chi connectivity index (χ0) is 13.3. The second kappa shape index (κ2) is 4.99. The minimum atomic E-state index is 0.514. The highest BCUT2D eigenvalue weighted by atomic mass is 35.5. The lowest BCUT2D eigenvalue weighted by molar-refractivity contribution is 1.24. The first-order chi connectivity index (χ1) is 8.45. The van der Waals surface area contributed by atoms with Gasteiger partial charge in [-0.25, -0.2) is 4.98 Å². The molecule has 2 aromatic rings. The van der Waals surface area contributed by atoms with E-state index in [-0.39, 0.29) is 0 Å². The summed E-state index contributed by atoms with van der Waals surface area (Å²) >= 11 is 5.97. The lowest BCUT2D eigenvalue weighted by Gasteiger charge is -2.13. The Hall–Kier alpha value is -1.54. The molecule has 0 amide bonds. The quantitative estimate of drug-likeness (QED) is 0.791. The van der Waals surface area contributed by atoms with E-state index in [9.17, 15) is 0 Å². The van der Waals surface area contributed by atoms with Crippen molar-refractivity contribution in [3.63, 3.8) is 0 Å². The summed E-state index contributed by atoms with van der Waals surface area (Å²) in [6, 6.07) is 8.16. The third kappa shape index (κ3) is 2.82.